The van der Waals surface area contributed by atoms with Crippen LogP contribution in [-0.4, -0.2) is 15.5 Å². The van der Waals surface area contributed by atoms with Gasteiger partial charge in [0.15, 0.2) is 0 Å². The molecule has 1 aromatic carbocycles. The lowest BCUT2D eigenvalue weighted by atomic mass is 9.89. The molecule has 0 unspecified atom stereocenters. The summed E-state index contributed by atoms with van der Waals surface area (Å²) in [5.41, 5.74) is 1.15. The molecule has 3 aromatic rings. The van der Waals surface area contributed by atoms with E-state index in [9.17, 15) is 9.59 Å². The van der Waals surface area contributed by atoms with Gasteiger partial charge in [-0.1, -0.05) is 43.5 Å². The van der Waals surface area contributed by atoms with Crippen molar-refractivity contribution in [1.29, 1.82) is 0 Å². The van der Waals surface area contributed by atoms with E-state index in [-0.39, 0.29) is 11.5 Å². The number of carbonyl (C=O) groups is 1. The summed E-state index contributed by atoms with van der Waals surface area (Å²) >= 11 is 0. The fourth-order valence-electron chi connectivity index (χ4n) is 4.06. The monoisotopic (exact) mass is 375 g/mol. The minimum Gasteiger partial charge on any atom is -0.345 e. The third-order valence-electron chi connectivity index (χ3n) is 5.57. The predicted molar refractivity (Wildman–Crippen MR) is 110 cm³/mol. The van der Waals surface area contributed by atoms with E-state index in [4.69, 9.17) is 0 Å². The Hall–Kier alpha value is -2.95. The highest BCUT2D eigenvalue weighted by Gasteiger charge is 2.20. The van der Waals surface area contributed by atoms with Crippen LogP contribution in [0.2, 0.25) is 0 Å². The molecule has 5 nitrogen and oxygen atoms in total. The lowest BCUT2D eigenvalue weighted by molar-refractivity contribution is 0.0938. The molecule has 0 radical (unpaired) electrons. The first-order valence-electron chi connectivity index (χ1n) is 10.0. The lowest BCUT2D eigenvalue weighted by Gasteiger charge is -2.24. The SMILES string of the molecule is O=C(NCc1ccccn1)c1cc2ccccc2c(=O)n1CC1CCCCC1. The van der Waals surface area contributed by atoms with Crippen LogP contribution in [0.15, 0.2) is 59.5 Å². The van der Waals surface area contributed by atoms with E-state index in [1.165, 1.54) is 19.3 Å². The average Bonchev–Trinajstić information content (AvgIpc) is 2.75. The first-order chi connectivity index (χ1) is 13.7. The van der Waals surface area contributed by atoms with Crippen molar-refractivity contribution in [2.45, 2.75) is 45.2 Å². The Morgan fingerprint density at radius 3 is 2.64 bits per heavy atom. The number of carbonyl (C=O) groups excluding carboxylic acids is 1. The van der Waals surface area contributed by atoms with Crippen LogP contribution >= 0.6 is 0 Å². The van der Waals surface area contributed by atoms with Crippen molar-refractivity contribution in [3.05, 3.63) is 76.5 Å². The Bertz CT molecular complexity index is 1020. The molecule has 0 spiro atoms. The molecule has 144 valence electrons. The molecular weight excluding hydrogens is 350 g/mol. The zero-order chi connectivity index (χ0) is 19.3. The largest absolute Gasteiger partial charge is 0.345 e. The summed E-state index contributed by atoms with van der Waals surface area (Å²) in [5.74, 6) is 0.222. The number of nitrogens with one attached hydrogen (secondary N) is 1. The van der Waals surface area contributed by atoms with E-state index in [0.717, 1.165) is 23.9 Å². The molecule has 1 amide bonds. The maximum absolute atomic E-state index is 13.2. The molecule has 0 bridgehead atoms. The Balaban J connectivity index is 1.67. The summed E-state index contributed by atoms with van der Waals surface area (Å²) in [6, 6.07) is 14.9. The Morgan fingerprint density at radius 1 is 1.07 bits per heavy atom. The van der Waals surface area contributed by atoms with Gasteiger partial charge in [-0.15, -0.1) is 0 Å². The van der Waals surface area contributed by atoms with Gasteiger partial charge >= 0.3 is 0 Å². The van der Waals surface area contributed by atoms with E-state index >= 15 is 0 Å². The number of fused-ring (bicyclic) bond motifs is 1. The van der Waals surface area contributed by atoms with Gasteiger partial charge in [-0.25, -0.2) is 0 Å². The summed E-state index contributed by atoms with van der Waals surface area (Å²) in [7, 11) is 0. The van der Waals surface area contributed by atoms with Gasteiger partial charge in [0.1, 0.15) is 5.69 Å². The Morgan fingerprint density at radius 2 is 1.86 bits per heavy atom. The van der Waals surface area contributed by atoms with Crippen molar-refractivity contribution >= 4 is 16.7 Å². The molecule has 4 rings (SSSR count). The van der Waals surface area contributed by atoms with Crippen LogP contribution in [0.25, 0.3) is 10.8 Å². The quantitative estimate of drug-likeness (QED) is 0.735. The third-order valence-corrected chi connectivity index (χ3v) is 5.57. The first-order valence-corrected chi connectivity index (χ1v) is 10.0. The van der Waals surface area contributed by atoms with Crippen LogP contribution in [0.4, 0.5) is 0 Å². The molecule has 28 heavy (non-hydrogen) atoms. The van der Waals surface area contributed by atoms with Crippen molar-refractivity contribution in [3.8, 4) is 0 Å². The van der Waals surface area contributed by atoms with E-state index in [1.807, 2.05) is 48.5 Å². The Labute approximate surface area is 164 Å². The van der Waals surface area contributed by atoms with Crippen LogP contribution in [0, 0.1) is 5.92 Å². The standard InChI is InChI=1S/C23H25N3O2/c27-22(25-15-19-11-6-7-13-24-19)21-14-18-10-4-5-12-20(18)23(28)26(21)16-17-8-2-1-3-9-17/h4-7,10-14,17H,1-3,8-9,15-16H2,(H,25,27). The number of hydrogen-bond acceptors (Lipinski definition) is 3. The highest BCUT2D eigenvalue weighted by Crippen LogP contribution is 2.25. The van der Waals surface area contributed by atoms with Gasteiger partial charge in [0.25, 0.3) is 11.5 Å². The summed E-state index contributed by atoms with van der Waals surface area (Å²) in [5, 5.41) is 4.39. The second kappa shape index (κ2) is 8.38. The van der Waals surface area contributed by atoms with Crippen molar-refractivity contribution in [1.82, 2.24) is 14.9 Å². The van der Waals surface area contributed by atoms with Crippen molar-refractivity contribution in [3.63, 3.8) is 0 Å². The number of pyridine rings is 2. The van der Waals surface area contributed by atoms with Gasteiger partial charge in [-0.3, -0.25) is 14.6 Å². The normalized spacial score (nSPS) is 14.9. The fourth-order valence-corrected chi connectivity index (χ4v) is 4.06. The van der Waals surface area contributed by atoms with Gasteiger partial charge in [0, 0.05) is 18.1 Å². The molecule has 1 N–H and O–H groups in total. The molecule has 1 aliphatic rings. The molecular formula is C23H25N3O2. The molecule has 0 atom stereocenters. The summed E-state index contributed by atoms with van der Waals surface area (Å²) in [6.45, 7) is 0.945. The smallest absolute Gasteiger partial charge is 0.268 e. The van der Waals surface area contributed by atoms with Crippen molar-refractivity contribution in [2.75, 3.05) is 0 Å². The Kier molecular flexibility index (Phi) is 5.51. The van der Waals surface area contributed by atoms with Gasteiger partial charge < -0.3 is 9.88 Å². The number of rotatable bonds is 5. The molecule has 5 heteroatoms. The maximum Gasteiger partial charge on any atom is 0.268 e. The number of nitrogens with zero attached hydrogens (tertiary/aromatic N) is 2. The number of amides is 1. The second-order valence-electron chi connectivity index (χ2n) is 7.54. The second-order valence-corrected chi connectivity index (χ2v) is 7.54. The number of hydrogen-bond donors (Lipinski definition) is 1. The van der Waals surface area contributed by atoms with Crippen LogP contribution in [0.1, 0.15) is 48.3 Å². The predicted octanol–water partition coefficient (Wildman–Crippen LogP) is 3.91. The van der Waals surface area contributed by atoms with Gasteiger partial charge in [-0.2, -0.15) is 0 Å². The average molecular weight is 375 g/mol. The zero-order valence-corrected chi connectivity index (χ0v) is 15.9. The van der Waals surface area contributed by atoms with E-state index in [2.05, 4.69) is 10.3 Å². The number of aromatic nitrogens is 2. The first kappa shape index (κ1) is 18.4. The van der Waals surface area contributed by atoms with Crippen molar-refractivity contribution in [2.24, 2.45) is 5.92 Å². The molecule has 2 heterocycles. The molecule has 2 aromatic heterocycles. The summed E-state index contributed by atoms with van der Waals surface area (Å²) in [4.78, 5) is 30.4. The minimum atomic E-state index is -0.232. The van der Waals surface area contributed by atoms with E-state index in [0.29, 0.717) is 30.1 Å². The molecule has 1 saturated carbocycles. The van der Waals surface area contributed by atoms with E-state index < -0.39 is 0 Å². The molecule has 1 aliphatic carbocycles. The highest BCUT2D eigenvalue weighted by atomic mass is 16.2. The van der Waals surface area contributed by atoms with Crippen molar-refractivity contribution < 1.29 is 4.79 Å². The summed E-state index contributed by atoms with van der Waals surface area (Å²) in [6.07, 6.45) is 7.61. The lowest BCUT2D eigenvalue weighted by Crippen LogP contribution is -2.34. The van der Waals surface area contributed by atoms with Crippen LogP contribution in [0.5, 0.6) is 0 Å². The molecule has 0 saturated heterocycles. The minimum absolute atomic E-state index is 0.0772. The highest BCUT2D eigenvalue weighted by molar-refractivity contribution is 5.96. The van der Waals surface area contributed by atoms with Gasteiger partial charge in [0.05, 0.1) is 12.2 Å². The van der Waals surface area contributed by atoms with Gasteiger partial charge in [-0.05, 0) is 48.4 Å². The third kappa shape index (κ3) is 3.98. The number of benzene rings is 1. The van der Waals surface area contributed by atoms with Crippen LogP contribution in [-0.2, 0) is 13.1 Å². The van der Waals surface area contributed by atoms with E-state index in [1.54, 1.807) is 10.8 Å². The topological polar surface area (TPSA) is 64.0 Å². The van der Waals surface area contributed by atoms with Gasteiger partial charge in [0.2, 0.25) is 0 Å². The maximum atomic E-state index is 13.2. The van der Waals surface area contributed by atoms with Crippen LogP contribution < -0.4 is 10.9 Å². The summed E-state index contributed by atoms with van der Waals surface area (Å²) < 4.78 is 1.69. The zero-order valence-electron chi connectivity index (χ0n) is 15.9. The van der Waals surface area contributed by atoms with Crippen LogP contribution in [0.3, 0.4) is 0 Å². The molecule has 1 fully saturated rings. The fraction of sp³-hybridized carbons (Fsp3) is 0.348. The molecule has 0 aliphatic heterocycles.